The van der Waals surface area contributed by atoms with Gasteiger partial charge in [0.1, 0.15) is 0 Å². The molecule has 1 atom stereocenters. The van der Waals surface area contributed by atoms with E-state index in [1.54, 1.807) is 11.8 Å². The molecule has 1 N–H and O–H groups in total. The highest BCUT2D eigenvalue weighted by Gasteiger charge is 2.08. The Labute approximate surface area is 186 Å². The first-order chi connectivity index (χ1) is 12.6. The van der Waals surface area contributed by atoms with Crippen molar-refractivity contribution in [2.24, 2.45) is 4.99 Å². The molecule has 0 aromatic heterocycles. The molecule has 0 radical (unpaired) electrons. The van der Waals surface area contributed by atoms with Crippen LogP contribution < -0.4 is 5.32 Å². The summed E-state index contributed by atoms with van der Waals surface area (Å²) in [4.78, 5) is 8.86. The van der Waals surface area contributed by atoms with Crippen LogP contribution in [0.15, 0.2) is 69.4 Å². The summed E-state index contributed by atoms with van der Waals surface area (Å²) < 4.78 is 12.3. The third kappa shape index (κ3) is 8.23. The van der Waals surface area contributed by atoms with Crippen LogP contribution in [0.3, 0.4) is 0 Å². The quantitative estimate of drug-likeness (QED) is 0.247. The summed E-state index contributed by atoms with van der Waals surface area (Å²) in [5.74, 6) is 1.36. The predicted octanol–water partition coefficient (Wildman–Crippen LogP) is 4.23. The molecule has 2 rings (SSSR count). The third-order valence-electron chi connectivity index (χ3n) is 3.82. The van der Waals surface area contributed by atoms with Crippen molar-refractivity contribution < 1.29 is 4.21 Å². The molecule has 0 aliphatic heterocycles. The first kappa shape index (κ1) is 24.0. The van der Waals surface area contributed by atoms with Crippen molar-refractivity contribution in [2.45, 2.75) is 23.3 Å². The van der Waals surface area contributed by atoms with Crippen molar-refractivity contribution in [3.05, 3.63) is 60.2 Å². The Balaban J connectivity index is 0.00000364. The summed E-state index contributed by atoms with van der Waals surface area (Å²) in [5, 5.41) is 3.31. The lowest BCUT2D eigenvalue weighted by atomic mass is 10.2. The number of aliphatic imine (C=N–C) groups is 1. The van der Waals surface area contributed by atoms with Crippen LogP contribution in [-0.4, -0.2) is 47.2 Å². The predicted molar refractivity (Wildman–Crippen MR) is 129 cm³/mol. The van der Waals surface area contributed by atoms with Gasteiger partial charge in [-0.05, 0) is 43.0 Å². The van der Waals surface area contributed by atoms with E-state index in [9.17, 15) is 4.21 Å². The molecule has 0 saturated heterocycles. The first-order valence-electron chi connectivity index (χ1n) is 8.69. The molecule has 4 nitrogen and oxygen atoms in total. The van der Waals surface area contributed by atoms with Crippen molar-refractivity contribution in [1.82, 2.24) is 10.2 Å². The summed E-state index contributed by atoms with van der Waals surface area (Å²) in [5.41, 5.74) is 1.24. The standard InChI is InChI=1S/C20H27N3OS2.HI/c1-4-21-20(22-14-15-26(24)19-8-6-5-7-9-19)23(2)16-17-10-12-18(25-3)13-11-17;/h5-13H,4,14-16H2,1-3H3,(H,21,22);1H. The number of nitrogens with zero attached hydrogens (tertiary/aromatic N) is 2. The fraction of sp³-hybridized carbons (Fsp3) is 0.350. The van der Waals surface area contributed by atoms with Gasteiger partial charge in [0.05, 0.1) is 17.3 Å². The van der Waals surface area contributed by atoms with Crippen LogP contribution >= 0.6 is 35.7 Å². The van der Waals surface area contributed by atoms with Crippen molar-refractivity contribution in [3.63, 3.8) is 0 Å². The summed E-state index contributed by atoms with van der Waals surface area (Å²) in [7, 11) is 1.01. The van der Waals surface area contributed by atoms with Gasteiger partial charge in [0.2, 0.25) is 0 Å². The van der Waals surface area contributed by atoms with Gasteiger partial charge in [-0.2, -0.15) is 0 Å². The van der Waals surface area contributed by atoms with Gasteiger partial charge in [0.25, 0.3) is 0 Å². The summed E-state index contributed by atoms with van der Waals surface area (Å²) in [6.45, 7) is 4.16. The molecule has 2 aromatic carbocycles. The second-order valence-corrected chi connectivity index (χ2v) is 8.25. The second-order valence-electron chi connectivity index (χ2n) is 5.80. The van der Waals surface area contributed by atoms with E-state index < -0.39 is 10.8 Å². The molecule has 0 heterocycles. The van der Waals surface area contributed by atoms with E-state index in [0.717, 1.165) is 23.9 Å². The molecule has 0 aliphatic carbocycles. The number of hydrogen-bond acceptors (Lipinski definition) is 3. The molecule has 0 saturated carbocycles. The Hall–Kier alpha value is -1.06. The lowest BCUT2D eigenvalue weighted by Crippen LogP contribution is -2.38. The number of guanidine groups is 1. The highest BCUT2D eigenvalue weighted by molar-refractivity contribution is 14.0. The zero-order valence-corrected chi connectivity index (χ0v) is 20.0. The number of halogens is 1. The fourth-order valence-electron chi connectivity index (χ4n) is 2.47. The van der Waals surface area contributed by atoms with E-state index in [2.05, 4.69) is 52.7 Å². The van der Waals surface area contributed by atoms with Gasteiger partial charge in [-0.3, -0.25) is 9.20 Å². The average Bonchev–Trinajstić information content (AvgIpc) is 2.68. The highest BCUT2D eigenvalue weighted by Crippen LogP contribution is 2.15. The molecule has 148 valence electrons. The largest absolute Gasteiger partial charge is 0.357 e. The maximum atomic E-state index is 12.3. The Kier molecular flexibility index (Phi) is 11.7. The topological polar surface area (TPSA) is 44.7 Å². The van der Waals surface area contributed by atoms with E-state index in [1.165, 1.54) is 10.5 Å². The molecule has 0 spiro atoms. The number of thioether (sulfide) groups is 1. The van der Waals surface area contributed by atoms with Crippen molar-refractivity contribution >= 4 is 52.5 Å². The van der Waals surface area contributed by atoms with Crippen molar-refractivity contribution in [3.8, 4) is 0 Å². The number of benzene rings is 2. The maximum Gasteiger partial charge on any atom is 0.193 e. The molecule has 0 aliphatic rings. The van der Waals surface area contributed by atoms with Gasteiger partial charge in [0, 0.05) is 35.7 Å². The van der Waals surface area contributed by atoms with Crippen LogP contribution in [0.1, 0.15) is 12.5 Å². The summed E-state index contributed by atoms with van der Waals surface area (Å²) in [6, 6.07) is 18.1. The SMILES string of the molecule is CCNC(=NCCS(=O)c1ccccc1)N(C)Cc1ccc(SC)cc1.I. The van der Waals surface area contributed by atoms with E-state index in [1.807, 2.05) is 37.4 Å². The van der Waals surface area contributed by atoms with Crippen LogP contribution in [-0.2, 0) is 17.3 Å². The van der Waals surface area contributed by atoms with E-state index in [-0.39, 0.29) is 24.0 Å². The van der Waals surface area contributed by atoms with Gasteiger partial charge < -0.3 is 10.2 Å². The minimum absolute atomic E-state index is 0. The Morgan fingerprint density at radius 3 is 2.41 bits per heavy atom. The monoisotopic (exact) mass is 517 g/mol. The number of rotatable bonds is 8. The van der Waals surface area contributed by atoms with Crippen LogP contribution in [0.25, 0.3) is 0 Å². The molecule has 0 bridgehead atoms. The normalized spacial score (nSPS) is 12.2. The average molecular weight is 518 g/mol. The molecule has 7 heteroatoms. The van der Waals surface area contributed by atoms with E-state index in [0.29, 0.717) is 12.3 Å². The Morgan fingerprint density at radius 2 is 1.81 bits per heavy atom. The number of hydrogen-bond donors (Lipinski definition) is 1. The highest BCUT2D eigenvalue weighted by atomic mass is 127. The van der Waals surface area contributed by atoms with Crippen LogP contribution in [0.5, 0.6) is 0 Å². The molecule has 27 heavy (non-hydrogen) atoms. The van der Waals surface area contributed by atoms with E-state index in [4.69, 9.17) is 0 Å². The Bertz CT molecular complexity index is 724. The smallest absolute Gasteiger partial charge is 0.193 e. The van der Waals surface area contributed by atoms with Gasteiger partial charge in [-0.15, -0.1) is 35.7 Å². The number of nitrogens with one attached hydrogen (secondary N) is 1. The van der Waals surface area contributed by atoms with Crippen LogP contribution in [0.2, 0.25) is 0 Å². The second kappa shape index (κ2) is 13.2. The van der Waals surface area contributed by atoms with E-state index >= 15 is 0 Å². The molecular formula is C20H28IN3OS2. The molecule has 0 amide bonds. The van der Waals surface area contributed by atoms with Gasteiger partial charge in [-0.25, -0.2) is 0 Å². The first-order valence-corrected chi connectivity index (χ1v) is 11.2. The summed E-state index contributed by atoms with van der Waals surface area (Å²) in [6.07, 6.45) is 2.08. The van der Waals surface area contributed by atoms with Crippen molar-refractivity contribution in [1.29, 1.82) is 0 Å². The minimum atomic E-state index is -1.01. The third-order valence-corrected chi connectivity index (χ3v) is 5.91. The van der Waals surface area contributed by atoms with Gasteiger partial charge in [0.15, 0.2) is 5.96 Å². The van der Waals surface area contributed by atoms with Crippen LogP contribution in [0, 0.1) is 0 Å². The van der Waals surface area contributed by atoms with Crippen molar-refractivity contribution in [2.75, 3.05) is 32.1 Å². The summed E-state index contributed by atoms with van der Waals surface area (Å²) >= 11 is 1.74. The lowest BCUT2D eigenvalue weighted by molar-refractivity contribution is 0.477. The fourth-order valence-corrected chi connectivity index (χ4v) is 3.84. The molecule has 1 unspecified atom stereocenters. The zero-order chi connectivity index (χ0) is 18.8. The minimum Gasteiger partial charge on any atom is -0.357 e. The maximum absolute atomic E-state index is 12.3. The lowest BCUT2D eigenvalue weighted by Gasteiger charge is -2.22. The molecule has 0 fully saturated rings. The van der Waals surface area contributed by atoms with Gasteiger partial charge in [-0.1, -0.05) is 30.3 Å². The Morgan fingerprint density at radius 1 is 1.15 bits per heavy atom. The van der Waals surface area contributed by atoms with Gasteiger partial charge >= 0.3 is 0 Å². The molecule has 2 aromatic rings. The molecular weight excluding hydrogens is 489 g/mol. The van der Waals surface area contributed by atoms with Crippen LogP contribution in [0.4, 0.5) is 0 Å². The zero-order valence-electron chi connectivity index (χ0n) is 16.1.